The lowest BCUT2D eigenvalue weighted by molar-refractivity contribution is -0.119. The Hall–Kier alpha value is -2.73. The van der Waals surface area contributed by atoms with Gasteiger partial charge in [-0.25, -0.2) is 4.98 Å². The molecule has 1 atom stereocenters. The van der Waals surface area contributed by atoms with Crippen LogP contribution in [0.5, 0.6) is 0 Å². The fraction of sp³-hybridized carbons (Fsp3) is 0.105. The highest BCUT2D eigenvalue weighted by molar-refractivity contribution is 9.10. The van der Waals surface area contributed by atoms with Crippen LogP contribution in [0.15, 0.2) is 65.4 Å². The highest BCUT2D eigenvalue weighted by atomic mass is 79.9. The van der Waals surface area contributed by atoms with Crippen molar-refractivity contribution in [2.45, 2.75) is 12.5 Å². The van der Waals surface area contributed by atoms with Crippen molar-refractivity contribution in [3.05, 3.63) is 76.5 Å². The van der Waals surface area contributed by atoms with Gasteiger partial charge in [0, 0.05) is 18.2 Å². The molecule has 0 saturated heterocycles. The van der Waals surface area contributed by atoms with Crippen molar-refractivity contribution in [2.24, 2.45) is 5.73 Å². The van der Waals surface area contributed by atoms with E-state index >= 15 is 0 Å². The van der Waals surface area contributed by atoms with Crippen LogP contribution in [0.1, 0.15) is 15.9 Å². The minimum absolute atomic E-state index is 0.267. The molecule has 3 rings (SSSR count). The van der Waals surface area contributed by atoms with E-state index in [2.05, 4.69) is 26.2 Å². The zero-order valence-electron chi connectivity index (χ0n) is 13.3. The topological polar surface area (TPSA) is 85.1 Å². The normalized spacial score (nSPS) is 11.9. The van der Waals surface area contributed by atoms with E-state index in [4.69, 9.17) is 5.73 Å². The van der Waals surface area contributed by atoms with Crippen LogP contribution >= 0.6 is 15.9 Å². The average molecular weight is 398 g/mol. The van der Waals surface area contributed by atoms with Crippen molar-refractivity contribution in [1.82, 2.24) is 10.3 Å². The van der Waals surface area contributed by atoms with Gasteiger partial charge in [-0.1, -0.05) is 36.4 Å². The van der Waals surface area contributed by atoms with Crippen LogP contribution in [0.25, 0.3) is 10.8 Å². The van der Waals surface area contributed by atoms with Gasteiger partial charge in [0.15, 0.2) is 0 Å². The largest absolute Gasteiger partial charge is 0.368 e. The summed E-state index contributed by atoms with van der Waals surface area (Å²) in [6.07, 6.45) is 1.91. The minimum Gasteiger partial charge on any atom is -0.368 e. The van der Waals surface area contributed by atoms with E-state index < -0.39 is 11.9 Å². The minimum atomic E-state index is -0.820. The maximum absolute atomic E-state index is 12.5. The molecule has 0 radical (unpaired) electrons. The molecule has 0 unspecified atom stereocenters. The number of hydrogen-bond donors (Lipinski definition) is 2. The third kappa shape index (κ3) is 4.03. The summed E-state index contributed by atoms with van der Waals surface area (Å²) in [5.41, 5.74) is 6.74. The molecule has 6 heteroatoms. The number of carbonyl (C=O) groups excluding carboxylic acids is 2. The van der Waals surface area contributed by atoms with Gasteiger partial charge in [-0.2, -0.15) is 0 Å². The molecule has 3 N–H and O–H groups in total. The molecule has 126 valence electrons. The first-order valence-electron chi connectivity index (χ1n) is 7.73. The number of hydrogen-bond acceptors (Lipinski definition) is 3. The molecule has 1 heterocycles. The number of aromatic nitrogens is 1. The van der Waals surface area contributed by atoms with Gasteiger partial charge in [-0.05, 0) is 50.5 Å². The summed E-state index contributed by atoms with van der Waals surface area (Å²) in [5, 5.41) is 4.72. The van der Waals surface area contributed by atoms with Crippen LogP contribution in [-0.4, -0.2) is 22.8 Å². The van der Waals surface area contributed by atoms with Gasteiger partial charge in [0.2, 0.25) is 5.91 Å². The SMILES string of the molecule is NC(=O)[C@H](Cc1cccnc1Br)NC(=O)c1ccc2ccccc2c1. The first-order chi connectivity index (χ1) is 12.0. The summed E-state index contributed by atoms with van der Waals surface area (Å²) in [5.74, 6) is -0.931. The molecular formula is C19H16BrN3O2. The predicted octanol–water partition coefficient (Wildman–Crippen LogP) is 2.82. The predicted molar refractivity (Wildman–Crippen MR) is 100 cm³/mol. The number of carbonyl (C=O) groups is 2. The fourth-order valence-electron chi connectivity index (χ4n) is 2.59. The molecule has 0 aliphatic rings. The standard InChI is InChI=1S/C19H16BrN3O2/c20-17-14(6-3-9-22-17)11-16(18(21)24)23-19(25)15-8-7-12-4-1-2-5-13(12)10-15/h1-10,16H,11H2,(H2,21,24)(H,23,25)/t16-/m0/s1. The zero-order valence-corrected chi connectivity index (χ0v) is 14.9. The second kappa shape index (κ2) is 7.44. The second-order valence-corrected chi connectivity index (χ2v) is 6.40. The van der Waals surface area contributed by atoms with Crippen LogP contribution in [-0.2, 0) is 11.2 Å². The Labute approximate surface area is 153 Å². The molecule has 5 nitrogen and oxygen atoms in total. The van der Waals surface area contributed by atoms with Gasteiger partial charge in [-0.15, -0.1) is 0 Å². The summed E-state index contributed by atoms with van der Waals surface area (Å²) in [7, 11) is 0. The van der Waals surface area contributed by atoms with Gasteiger partial charge in [0.05, 0.1) is 0 Å². The monoisotopic (exact) mass is 397 g/mol. The van der Waals surface area contributed by atoms with Gasteiger partial charge in [-0.3, -0.25) is 9.59 Å². The maximum Gasteiger partial charge on any atom is 0.251 e. The summed E-state index contributed by atoms with van der Waals surface area (Å²) in [6.45, 7) is 0. The van der Waals surface area contributed by atoms with E-state index in [-0.39, 0.29) is 12.3 Å². The Morgan fingerprint density at radius 3 is 2.56 bits per heavy atom. The highest BCUT2D eigenvalue weighted by Gasteiger charge is 2.20. The van der Waals surface area contributed by atoms with Gasteiger partial charge in [0.25, 0.3) is 5.91 Å². The molecule has 3 aromatic rings. The Kier molecular flexibility index (Phi) is 5.09. The van der Waals surface area contributed by atoms with E-state index in [0.29, 0.717) is 10.2 Å². The molecular weight excluding hydrogens is 382 g/mol. The summed E-state index contributed by atoms with van der Waals surface area (Å²) < 4.78 is 0.626. The third-order valence-corrected chi connectivity index (χ3v) is 4.63. The number of amides is 2. The van der Waals surface area contributed by atoms with Crippen LogP contribution < -0.4 is 11.1 Å². The van der Waals surface area contributed by atoms with Crippen molar-refractivity contribution in [3.63, 3.8) is 0 Å². The van der Waals surface area contributed by atoms with E-state index in [9.17, 15) is 9.59 Å². The number of rotatable bonds is 5. The molecule has 25 heavy (non-hydrogen) atoms. The molecule has 0 saturated carbocycles. The van der Waals surface area contributed by atoms with Crippen LogP contribution in [0.2, 0.25) is 0 Å². The van der Waals surface area contributed by atoms with Crippen molar-refractivity contribution in [3.8, 4) is 0 Å². The lowest BCUT2D eigenvalue weighted by Gasteiger charge is -2.16. The van der Waals surface area contributed by atoms with Crippen molar-refractivity contribution < 1.29 is 9.59 Å². The smallest absolute Gasteiger partial charge is 0.251 e. The Morgan fingerprint density at radius 2 is 1.84 bits per heavy atom. The number of nitrogens with one attached hydrogen (secondary N) is 1. The van der Waals surface area contributed by atoms with Crippen molar-refractivity contribution in [1.29, 1.82) is 0 Å². The Balaban J connectivity index is 1.80. The van der Waals surface area contributed by atoms with Gasteiger partial charge < -0.3 is 11.1 Å². The Bertz CT molecular complexity index is 943. The summed E-state index contributed by atoms with van der Waals surface area (Å²) in [6, 6.07) is 15.9. The zero-order chi connectivity index (χ0) is 17.8. The summed E-state index contributed by atoms with van der Waals surface area (Å²) >= 11 is 3.34. The molecule has 1 aromatic heterocycles. The average Bonchev–Trinajstić information content (AvgIpc) is 2.62. The Morgan fingerprint density at radius 1 is 1.08 bits per heavy atom. The fourth-order valence-corrected chi connectivity index (χ4v) is 3.00. The quantitative estimate of drug-likeness (QED) is 0.649. The molecule has 0 bridgehead atoms. The highest BCUT2D eigenvalue weighted by Crippen LogP contribution is 2.17. The van der Waals surface area contributed by atoms with Crippen LogP contribution in [0.4, 0.5) is 0 Å². The molecule has 0 spiro atoms. The molecule has 2 aromatic carbocycles. The second-order valence-electron chi connectivity index (χ2n) is 5.65. The summed E-state index contributed by atoms with van der Waals surface area (Å²) in [4.78, 5) is 28.4. The van der Waals surface area contributed by atoms with Crippen molar-refractivity contribution >= 4 is 38.5 Å². The lowest BCUT2D eigenvalue weighted by Crippen LogP contribution is -2.45. The van der Waals surface area contributed by atoms with Gasteiger partial charge in [0.1, 0.15) is 10.6 Å². The number of pyridine rings is 1. The van der Waals surface area contributed by atoms with E-state index in [1.807, 2.05) is 36.4 Å². The molecule has 2 amide bonds. The molecule has 0 fully saturated rings. The third-order valence-electron chi connectivity index (χ3n) is 3.92. The number of halogens is 1. The number of primary amides is 1. The maximum atomic E-state index is 12.5. The number of fused-ring (bicyclic) bond motifs is 1. The first kappa shape index (κ1) is 17.1. The number of benzene rings is 2. The number of nitrogens with two attached hydrogens (primary N) is 1. The van der Waals surface area contributed by atoms with E-state index in [0.717, 1.165) is 16.3 Å². The van der Waals surface area contributed by atoms with Gasteiger partial charge >= 0.3 is 0 Å². The lowest BCUT2D eigenvalue weighted by atomic mass is 10.0. The van der Waals surface area contributed by atoms with E-state index in [1.54, 1.807) is 24.4 Å². The first-order valence-corrected chi connectivity index (χ1v) is 8.52. The molecule has 0 aliphatic carbocycles. The number of nitrogens with zero attached hydrogens (tertiary/aromatic N) is 1. The van der Waals surface area contributed by atoms with Crippen molar-refractivity contribution in [2.75, 3.05) is 0 Å². The van der Waals surface area contributed by atoms with Crippen LogP contribution in [0, 0.1) is 0 Å². The molecule has 0 aliphatic heterocycles. The van der Waals surface area contributed by atoms with E-state index in [1.165, 1.54) is 0 Å². The van der Waals surface area contributed by atoms with Crippen LogP contribution in [0.3, 0.4) is 0 Å².